The second-order valence-electron chi connectivity index (χ2n) is 3.54. The summed E-state index contributed by atoms with van der Waals surface area (Å²) in [4.78, 5) is 1.95. The Hall–Kier alpha value is -0.180. The first-order chi connectivity index (χ1) is 5.66. The van der Waals surface area contributed by atoms with Crippen LogP contribution in [0, 0.1) is 0 Å². The molecule has 0 aromatic heterocycles. The first-order valence-corrected chi connectivity index (χ1v) is 4.70. The summed E-state index contributed by atoms with van der Waals surface area (Å²) < 4.78 is 24.9. The van der Waals surface area contributed by atoms with E-state index < -0.39 is 12.5 Å². The maximum atomic E-state index is 12.4. The predicted molar refractivity (Wildman–Crippen MR) is 45.5 cm³/mol. The quantitative estimate of drug-likeness (QED) is 0.640. The van der Waals surface area contributed by atoms with E-state index in [-0.39, 0.29) is 0 Å². The van der Waals surface area contributed by atoms with Crippen molar-refractivity contribution in [2.75, 3.05) is 6.54 Å². The summed E-state index contributed by atoms with van der Waals surface area (Å²) in [6.07, 6.45) is 0.395. The predicted octanol–water partition coefficient (Wildman–Crippen LogP) is 2.51. The zero-order valence-corrected chi connectivity index (χ0v) is 7.76. The van der Waals surface area contributed by atoms with Crippen molar-refractivity contribution in [1.82, 2.24) is 4.90 Å². The molecule has 12 heavy (non-hydrogen) atoms. The highest BCUT2D eigenvalue weighted by Gasteiger charge is 2.33. The Morgan fingerprint density at radius 2 is 2.17 bits per heavy atom. The normalized spacial score (nSPS) is 28.2. The minimum atomic E-state index is -2.17. The molecule has 1 heterocycles. The fraction of sp³-hybridized carbons (Fsp3) is 1.00. The van der Waals surface area contributed by atoms with Crippen molar-refractivity contribution < 1.29 is 8.78 Å². The van der Waals surface area contributed by atoms with Crippen molar-refractivity contribution in [2.24, 2.45) is 0 Å². The van der Waals surface area contributed by atoms with Crippen molar-refractivity contribution in [3.8, 4) is 0 Å². The third kappa shape index (κ3) is 1.94. The summed E-state index contributed by atoms with van der Waals surface area (Å²) in [6.45, 7) is 4.93. The number of nitrogens with zero attached hydrogens (tertiary/aromatic N) is 1. The average Bonchev–Trinajstić information content (AvgIpc) is 2.50. The molecule has 0 spiro atoms. The zero-order chi connectivity index (χ0) is 9.14. The fourth-order valence-corrected chi connectivity index (χ4v) is 1.87. The largest absolute Gasteiger partial charge is 0.292 e. The highest BCUT2D eigenvalue weighted by Crippen LogP contribution is 2.25. The van der Waals surface area contributed by atoms with Crippen LogP contribution in [0.4, 0.5) is 8.78 Å². The Kier molecular flexibility index (Phi) is 3.44. The second-order valence-corrected chi connectivity index (χ2v) is 3.54. The molecule has 1 fully saturated rings. The standard InChI is InChI=1S/C9H17F2N/c1-3-7(2)12-6-4-5-8(12)9(10)11/h7-9H,3-6H2,1-2H3/t7?,8-/m1/s1. The molecular formula is C9H17F2N. The van der Waals surface area contributed by atoms with Crippen LogP contribution in [-0.4, -0.2) is 30.0 Å². The number of halogens is 2. The van der Waals surface area contributed by atoms with Gasteiger partial charge >= 0.3 is 0 Å². The van der Waals surface area contributed by atoms with Crippen LogP contribution in [0.5, 0.6) is 0 Å². The van der Waals surface area contributed by atoms with Crippen molar-refractivity contribution in [3.05, 3.63) is 0 Å². The van der Waals surface area contributed by atoms with Gasteiger partial charge < -0.3 is 0 Å². The molecule has 1 unspecified atom stereocenters. The number of rotatable bonds is 3. The Morgan fingerprint density at radius 3 is 2.67 bits per heavy atom. The third-order valence-electron chi connectivity index (χ3n) is 2.79. The van der Waals surface area contributed by atoms with Gasteiger partial charge in [0, 0.05) is 6.04 Å². The highest BCUT2D eigenvalue weighted by molar-refractivity contribution is 4.83. The van der Waals surface area contributed by atoms with Gasteiger partial charge in [0.1, 0.15) is 0 Å². The molecule has 0 aromatic rings. The lowest BCUT2D eigenvalue weighted by molar-refractivity contribution is 0.0298. The van der Waals surface area contributed by atoms with E-state index >= 15 is 0 Å². The average molecular weight is 177 g/mol. The molecule has 72 valence electrons. The smallest absolute Gasteiger partial charge is 0.253 e. The molecule has 2 atom stereocenters. The lowest BCUT2D eigenvalue weighted by Gasteiger charge is -2.29. The molecule has 0 amide bonds. The third-order valence-corrected chi connectivity index (χ3v) is 2.79. The van der Waals surface area contributed by atoms with Gasteiger partial charge in [-0.3, -0.25) is 4.90 Å². The Morgan fingerprint density at radius 1 is 1.50 bits per heavy atom. The van der Waals surface area contributed by atoms with Crippen LogP contribution >= 0.6 is 0 Å². The number of alkyl halides is 2. The topological polar surface area (TPSA) is 3.24 Å². The SMILES string of the molecule is CCC(C)N1CCC[C@@H]1C(F)F. The number of hydrogen-bond donors (Lipinski definition) is 0. The molecule has 0 bridgehead atoms. The van der Waals surface area contributed by atoms with E-state index in [0.717, 1.165) is 19.4 Å². The molecule has 1 saturated heterocycles. The van der Waals surface area contributed by atoms with Gasteiger partial charge in [-0.1, -0.05) is 6.92 Å². The van der Waals surface area contributed by atoms with Crippen molar-refractivity contribution in [3.63, 3.8) is 0 Å². The first kappa shape index (κ1) is 9.90. The van der Waals surface area contributed by atoms with E-state index in [1.54, 1.807) is 0 Å². The zero-order valence-electron chi connectivity index (χ0n) is 7.76. The van der Waals surface area contributed by atoms with E-state index in [2.05, 4.69) is 0 Å². The highest BCUT2D eigenvalue weighted by atomic mass is 19.3. The van der Waals surface area contributed by atoms with Crippen molar-refractivity contribution >= 4 is 0 Å². The van der Waals surface area contributed by atoms with Crippen molar-refractivity contribution in [2.45, 2.75) is 51.6 Å². The summed E-state index contributed by atoms with van der Waals surface area (Å²) in [5.41, 5.74) is 0. The molecule has 0 aliphatic carbocycles. The van der Waals surface area contributed by atoms with Gasteiger partial charge in [0.2, 0.25) is 0 Å². The number of hydrogen-bond acceptors (Lipinski definition) is 1. The Labute approximate surface area is 72.7 Å². The van der Waals surface area contributed by atoms with Gasteiger partial charge in [-0.05, 0) is 32.7 Å². The molecule has 1 aliphatic rings. The van der Waals surface area contributed by atoms with E-state index in [1.807, 2.05) is 18.7 Å². The Bertz CT molecular complexity index is 138. The molecule has 0 radical (unpaired) electrons. The van der Waals surface area contributed by atoms with Crippen LogP contribution < -0.4 is 0 Å². The van der Waals surface area contributed by atoms with Crippen LogP contribution in [0.3, 0.4) is 0 Å². The summed E-state index contributed by atoms with van der Waals surface area (Å²) in [7, 11) is 0. The maximum absolute atomic E-state index is 12.4. The van der Waals surface area contributed by atoms with Gasteiger partial charge in [-0.15, -0.1) is 0 Å². The van der Waals surface area contributed by atoms with Crippen LogP contribution in [0.2, 0.25) is 0 Å². The molecule has 0 saturated carbocycles. The van der Waals surface area contributed by atoms with Gasteiger partial charge in [0.25, 0.3) is 6.43 Å². The second kappa shape index (κ2) is 4.17. The maximum Gasteiger partial charge on any atom is 0.253 e. The molecule has 3 heteroatoms. The molecule has 1 aliphatic heterocycles. The van der Waals surface area contributed by atoms with Gasteiger partial charge in [-0.25, -0.2) is 8.78 Å². The fourth-order valence-electron chi connectivity index (χ4n) is 1.87. The monoisotopic (exact) mass is 177 g/mol. The molecular weight excluding hydrogens is 160 g/mol. The summed E-state index contributed by atoms with van der Waals surface area (Å²) in [5.74, 6) is 0. The van der Waals surface area contributed by atoms with Crippen LogP contribution in [0.15, 0.2) is 0 Å². The van der Waals surface area contributed by atoms with Crippen LogP contribution in [0.1, 0.15) is 33.1 Å². The number of likely N-dealkylation sites (tertiary alicyclic amines) is 1. The van der Waals surface area contributed by atoms with Gasteiger partial charge in [0.15, 0.2) is 0 Å². The minimum Gasteiger partial charge on any atom is -0.292 e. The van der Waals surface area contributed by atoms with E-state index in [1.165, 1.54) is 0 Å². The van der Waals surface area contributed by atoms with Crippen LogP contribution in [-0.2, 0) is 0 Å². The van der Waals surface area contributed by atoms with Crippen LogP contribution in [0.25, 0.3) is 0 Å². The lowest BCUT2D eigenvalue weighted by Crippen LogP contribution is -2.40. The molecule has 0 N–H and O–H groups in total. The lowest BCUT2D eigenvalue weighted by atomic mass is 10.2. The Balaban J connectivity index is 2.51. The van der Waals surface area contributed by atoms with Crippen molar-refractivity contribution in [1.29, 1.82) is 0 Å². The molecule has 1 rings (SSSR count). The summed E-state index contributed by atoms with van der Waals surface area (Å²) in [6, 6.07) is -0.161. The molecule has 0 aromatic carbocycles. The van der Waals surface area contributed by atoms with Gasteiger partial charge in [-0.2, -0.15) is 0 Å². The van der Waals surface area contributed by atoms with E-state index in [0.29, 0.717) is 12.5 Å². The van der Waals surface area contributed by atoms with E-state index in [4.69, 9.17) is 0 Å². The summed E-state index contributed by atoms with van der Waals surface area (Å²) >= 11 is 0. The summed E-state index contributed by atoms with van der Waals surface area (Å²) in [5, 5.41) is 0. The first-order valence-electron chi connectivity index (χ1n) is 4.70. The van der Waals surface area contributed by atoms with E-state index in [9.17, 15) is 8.78 Å². The molecule has 1 nitrogen and oxygen atoms in total. The minimum absolute atomic E-state index is 0.312. The van der Waals surface area contributed by atoms with Gasteiger partial charge in [0.05, 0.1) is 6.04 Å².